The molecule has 0 heterocycles. The summed E-state index contributed by atoms with van der Waals surface area (Å²) in [6.07, 6.45) is 0.905. The van der Waals surface area contributed by atoms with Crippen molar-refractivity contribution in [2.75, 3.05) is 0 Å². The van der Waals surface area contributed by atoms with Crippen LogP contribution in [0, 0.1) is 6.92 Å². The van der Waals surface area contributed by atoms with Gasteiger partial charge in [-0.05, 0) is 47.7 Å². The van der Waals surface area contributed by atoms with Crippen LogP contribution in [-0.2, 0) is 5.41 Å². The summed E-state index contributed by atoms with van der Waals surface area (Å²) in [5.74, 6) is 0. The van der Waals surface area contributed by atoms with Gasteiger partial charge in [-0.25, -0.2) is 0 Å². The molecule has 0 saturated heterocycles. The number of carbonyl (C=O) groups is 1. The zero-order valence-corrected chi connectivity index (χ0v) is 13.3. The quantitative estimate of drug-likeness (QED) is 0.715. The SMILES string of the molecule is Cc1cc(Sc2ccc(C(C)(C)C)cc2)ccc1C=O. The van der Waals surface area contributed by atoms with Crippen LogP contribution in [0.3, 0.4) is 0 Å². The molecule has 2 aromatic rings. The molecule has 2 rings (SSSR count). The van der Waals surface area contributed by atoms with E-state index in [1.807, 2.05) is 19.1 Å². The van der Waals surface area contributed by atoms with Crippen molar-refractivity contribution < 1.29 is 4.79 Å². The minimum absolute atomic E-state index is 0.186. The first-order chi connectivity index (χ1) is 9.40. The molecule has 104 valence electrons. The minimum Gasteiger partial charge on any atom is -0.298 e. The highest BCUT2D eigenvalue weighted by molar-refractivity contribution is 7.99. The Hall–Kier alpha value is -1.54. The lowest BCUT2D eigenvalue weighted by molar-refractivity contribution is 0.112. The first-order valence-corrected chi connectivity index (χ1v) is 7.56. The molecule has 0 aromatic heterocycles. The van der Waals surface area contributed by atoms with E-state index in [4.69, 9.17) is 0 Å². The second kappa shape index (κ2) is 5.84. The first kappa shape index (κ1) is 14.9. The second-order valence-electron chi connectivity index (χ2n) is 6.01. The number of aldehydes is 1. The van der Waals surface area contributed by atoms with Gasteiger partial charge in [0.2, 0.25) is 0 Å². The molecular weight excluding hydrogens is 264 g/mol. The van der Waals surface area contributed by atoms with Crippen molar-refractivity contribution in [3.05, 3.63) is 59.2 Å². The third-order valence-corrected chi connectivity index (χ3v) is 4.32. The van der Waals surface area contributed by atoms with Crippen LogP contribution >= 0.6 is 11.8 Å². The van der Waals surface area contributed by atoms with Crippen LogP contribution in [0.4, 0.5) is 0 Å². The molecule has 0 atom stereocenters. The lowest BCUT2D eigenvalue weighted by Crippen LogP contribution is -2.10. The molecule has 0 aliphatic heterocycles. The van der Waals surface area contributed by atoms with Crippen LogP contribution in [0.2, 0.25) is 0 Å². The monoisotopic (exact) mass is 284 g/mol. The van der Waals surface area contributed by atoms with Gasteiger partial charge in [-0.3, -0.25) is 4.79 Å². The van der Waals surface area contributed by atoms with Crippen LogP contribution in [0.25, 0.3) is 0 Å². The summed E-state index contributed by atoms with van der Waals surface area (Å²) in [6, 6.07) is 14.6. The highest BCUT2D eigenvalue weighted by Crippen LogP contribution is 2.31. The van der Waals surface area contributed by atoms with Crippen LogP contribution in [-0.4, -0.2) is 6.29 Å². The molecule has 1 nitrogen and oxygen atoms in total. The van der Waals surface area contributed by atoms with Gasteiger partial charge in [-0.15, -0.1) is 0 Å². The fraction of sp³-hybridized carbons (Fsp3) is 0.278. The molecule has 0 fully saturated rings. The maximum atomic E-state index is 10.8. The van der Waals surface area contributed by atoms with Crippen LogP contribution < -0.4 is 0 Å². The largest absolute Gasteiger partial charge is 0.298 e. The molecule has 0 saturated carbocycles. The molecule has 0 N–H and O–H groups in total. The van der Waals surface area contributed by atoms with Crippen molar-refractivity contribution in [3.8, 4) is 0 Å². The summed E-state index contributed by atoms with van der Waals surface area (Å²) in [7, 11) is 0. The second-order valence-corrected chi connectivity index (χ2v) is 7.16. The zero-order chi connectivity index (χ0) is 14.8. The molecule has 0 aliphatic rings. The van der Waals surface area contributed by atoms with E-state index >= 15 is 0 Å². The Bertz CT molecular complexity index is 606. The fourth-order valence-electron chi connectivity index (χ4n) is 2.00. The Labute approximate surface area is 125 Å². The molecule has 0 amide bonds. The molecule has 0 unspecified atom stereocenters. The summed E-state index contributed by atoms with van der Waals surface area (Å²) in [5, 5.41) is 0. The van der Waals surface area contributed by atoms with Gasteiger partial charge < -0.3 is 0 Å². The summed E-state index contributed by atoms with van der Waals surface area (Å²) in [6.45, 7) is 8.63. The van der Waals surface area contributed by atoms with Gasteiger partial charge in [0.25, 0.3) is 0 Å². The number of hydrogen-bond acceptors (Lipinski definition) is 2. The molecule has 0 radical (unpaired) electrons. The van der Waals surface area contributed by atoms with E-state index in [1.54, 1.807) is 11.8 Å². The normalized spacial score (nSPS) is 11.4. The third-order valence-electron chi connectivity index (χ3n) is 3.32. The van der Waals surface area contributed by atoms with Crippen molar-refractivity contribution >= 4 is 18.0 Å². The molecule has 2 heteroatoms. The van der Waals surface area contributed by atoms with E-state index in [1.165, 1.54) is 10.5 Å². The van der Waals surface area contributed by atoms with Crippen molar-refractivity contribution in [3.63, 3.8) is 0 Å². The van der Waals surface area contributed by atoms with E-state index in [-0.39, 0.29) is 5.41 Å². The smallest absolute Gasteiger partial charge is 0.150 e. The lowest BCUT2D eigenvalue weighted by atomic mass is 9.87. The molecule has 20 heavy (non-hydrogen) atoms. The maximum Gasteiger partial charge on any atom is 0.150 e. The average molecular weight is 284 g/mol. The third kappa shape index (κ3) is 3.51. The van der Waals surface area contributed by atoms with Crippen molar-refractivity contribution in [2.24, 2.45) is 0 Å². The summed E-state index contributed by atoms with van der Waals surface area (Å²) >= 11 is 1.72. The van der Waals surface area contributed by atoms with Gasteiger partial charge in [-0.1, -0.05) is 50.7 Å². The topological polar surface area (TPSA) is 17.1 Å². The first-order valence-electron chi connectivity index (χ1n) is 6.74. The summed E-state index contributed by atoms with van der Waals surface area (Å²) < 4.78 is 0. The average Bonchev–Trinajstić information content (AvgIpc) is 2.38. The Balaban J connectivity index is 2.18. The van der Waals surface area contributed by atoms with Crippen molar-refractivity contribution in [1.82, 2.24) is 0 Å². The molecular formula is C18H20OS. The Morgan fingerprint density at radius 2 is 1.55 bits per heavy atom. The van der Waals surface area contributed by atoms with Gasteiger partial charge in [0, 0.05) is 15.4 Å². The lowest BCUT2D eigenvalue weighted by Gasteiger charge is -2.19. The summed E-state index contributed by atoms with van der Waals surface area (Å²) in [5.41, 5.74) is 3.31. The highest BCUT2D eigenvalue weighted by atomic mass is 32.2. The van der Waals surface area contributed by atoms with Crippen LogP contribution in [0.1, 0.15) is 42.3 Å². The predicted octanol–water partition coefficient (Wildman–Crippen LogP) is 5.26. The molecule has 0 bridgehead atoms. The van der Waals surface area contributed by atoms with Gasteiger partial charge >= 0.3 is 0 Å². The number of carbonyl (C=O) groups excluding carboxylic acids is 1. The highest BCUT2D eigenvalue weighted by Gasteiger charge is 2.12. The number of hydrogen-bond donors (Lipinski definition) is 0. The van der Waals surface area contributed by atoms with E-state index in [0.29, 0.717) is 0 Å². The van der Waals surface area contributed by atoms with Gasteiger partial charge in [0.15, 0.2) is 0 Å². The van der Waals surface area contributed by atoms with Crippen molar-refractivity contribution in [2.45, 2.75) is 42.9 Å². The molecule has 2 aromatic carbocycles. The van der Waals surface area contributed by atoms with E-state index < -0.39 is 0 Å². The number of aryl methyl sites for hydroxylation is 1. The van der Waals surface area contributed by atoms with E-state index in [2.05, 4.69) is 51.1 Å². The number of benzene rings is 2. The van der Waals surface area contributed by atoms with Gasteiger partial charge in [-0.2, -0.15) is 0 Å². The minimum atomic E-state index is 0.186. The van der Waals surface area contributed by atoms with E-state index in [0.717, 1.165) is 22.3 Å². The van der Waals surface area contributed by atoms with E-state index in [9.17, 15) is 4.79 Å². The van der Waals surface area contributed by atoms with Crippen LogP contribution in [0.5, 0.6) is 0 Å². The fourth-order valence-corrected chi connectivity index (χ4v) is 2.92. The van der Waals surface area contributed by atoms with Gasteiger partial charge in [0.1, 0.15) is 6.29 Å². The Kier molecular flexibility index (Phi) is 4.34. The predicted molar refractivity (Wildman–Crippen MR) is 85.8 cm³/mol. The Morgan fingerprint density at radius 1 is 0.950 bits per heavy atom. The maximum absolute atomic E-state index is 10.8. The van der Waals surface area contributed by atoms with Crippen LogP contribution in [0.15, 0.2) is 52.3 Å². The number of rotatable bonds is 3. The molecule has 0 spiro atoms. The zero-order valence-electron chi connectivity index (χ0n) is 12.4. The molecule has 0 aliphatic carbocycles. The summed E-state index contributed by atoms with van der Waals surface area (Å²) in [4.78, 5) is 13.2. The van der Waals surface area contributed by atoms with Gasteiger partial charge in [0.05, 0.1) is 0 Å². The standard InChI is InChI=1S/C18H20OS/c1-13-11-17(8-5-14(13)12-19)20-16-9-6-15(7-10-16)18(2,3)4/h5-12H,1-4H3. The Morgan fingerprint density at radius 3 is 2.05 bits per heavy atom. The van der Waals surface area contributed by atoms with Crippen molar-refractivity contribution in [1.29, 1.82) is 0 Å².